The molecule has 28 heavy (non-hydrogen) atoms. The topological polar surface area (TPSA) is 84.3 Å². The number of benzene rings is 2. The lowest BCUT2D eigenvalue weighted by molar-refractivity contribution is 0.102. The van der Waals surface area contributed by atoms with Crippen LogP contribution < -0.4 is 9.62 Å². The number of rotatable bonds is 4. The van der Waals surface area contributed by atoms with E-state index in [2.05, 4.69) is 14.9 Å². The van der Waals surface area contributed by atoms with Gasteiger partial charge in [-0.15, -0.1) is 0 Å². The summed E-state index contributed by atoms with van der Waals surface area (Å²) in [7, 11) is -3.20. The van der Waals surface area contributed by atoms with Gasteiger partial charge in [-0.2, -0.15) is 0 Å². The molecule has 1 saturated carbocycles. The van der Waals surface area contributed by atoms with Crippen LogP contribution in [0.2, 0.25) is 0 Å². The molecule has 1 amide bonds. The minimum atomic E-state index is -3.20. The number of hydrogen-bond acceptors (Lipinski definition) is 4. The lowest BCUT2D eigenvalue weighted by atomic mass is 10.1. The molecule has 0 radical (unpaired) electrons. The van der Waals surface area contributed by atoms with Crippen LogP contribution >= 0.6 is 0 Å². The van der Waals surface area contributed by atoms with E-state index in [-0.39, 0.29) is 11.7 Å². The normalized spacial score (nSPS) is 18.5. The molecule has 0 bridgehead atoms. The highest BCUT2D eigenvalue weighted by atomic mass is 32.2. The molecule has 5 rings (SSSR count). The number of nitrogens with zero attached hydrogens (tertiary/aromatic N) is 3. The predicted octanol–water partition coefficient (Wildman–Crippen LogP) is 3.16. The van der Waals surface area contributed by atoms with Crippen LogP contribution in [0, 0.1) is 0 Å². The molecule has 2 aromatic carbocycles. The van der Waals surface area contributed by atoms with Gasteiger partial charge in [0.05, 0.1) is 28.8 Å². The average Bonchev–Trinajstić information content (AvgIpc) is 3.34. The Hall–Kier alpha value is -2.87. The van der Waals surface area contributed by atoms with Crippen LogP contribution in [0.15, 0.2) is 48.8 Å². The number of amides is 1. The van der Waals surface area contributed by atoms with E-state index >= 15 is 0 Å². The molecule has 1 saturated heterocycles. The minimum absolute atomic E-state index is 0.185. The van der Waals surface area contributed by atoms with Gasteiger partial charge >= 0.3 is 0 Å². The van der Waals surface area contributed by atoms with Crippen LogP contribution in [0.5, 0.6) is 0 Å². The number of imidazole rings is 1. The molecule has 0 unspecified atom stereocenters. The summed E-state index contributed by atoms with van der Waals surface area (Å²) in [6.07, 6.45) is 4.85. The lowest BCUT2D eigenvalue weighted by Gasteiger charge is -2.17. The molecule has 7 nitrogen and oxygen atoms in total. The van der Waals surface area contributed by atoms with Gasteiger partial charge in [-0.3, -0.25) is 9.10 Å². The summed E-state index contributed by atoms with van der Waals surface area (Å²) < 4.78 is 27.6. The van der Waals surface area contributed by atoms with E-state index in [0.29, 0.717) is 35.9 Å². The minimum Gasteiger partial charge on any atom is -0.327 e. The first-order chi connectivity index (χ1) is 13.5. The van der Waals surface area contributed by atoms with E-state index in [0.717, 1.165) is 11.0 Å². The van der Waals surface area contributed by atoms with Crippen molar-refractivity contribution < 1.29 is 13.2 Å². The molecular formula is C20H20N4O3S. The van der Waals surface area contributed by atoms with Crippen molar-refractivity contribution in [2.75, 3.05) is 21.9 Å². The molecule has 1 aliphatic carbocycles. The summed E-state index contributed by atoms with van der Waals surface area (Å²) in [4.78, 5) is 17.0. The van der Waals surface area contributed by atoms with Gasteiger partial charge in [-0.25, -0.2) is 13.4 Å². The molecule has 2 aliphatic rings. The van der Waals surface area contributed by atoms with Crippen molar-refractivity contribution in [1.82, 2.24) is 9.55 Å². The number of aromatic nitrogens is 2. The maximum absolute atomic E-state index is 12.6. The molecule has 3 aromatic rings. The second-order valence-corrected chi connectivity index (χ2v) is 9.34. The summed E-state index contributed by atoms with van der Waals surface area (Å²) in [5, 5.41) is 2.86. The Morgan fingerprint density at radius 3 is 2.57 bits per heavy atom. The van der Waals surface area contributed by atoms with E-state index < -0.39 is 10.0 Å². The number of hydrogen-bond donors (Lipinski definition) is 1. The number of sulfonamides is 1. The molecule has 8 heteroatoms. The van der Waals surface area contributed by atoms with Crippen LogP contribution in [0.1, 0.15) is 35.7 Å². The van der Waals surface area contributed by atoms with Crippen molar-refractivity contribution in [3.05, 3.63) is 54.4 Å². The van der Waals surface area contributed by atoms with Gasteiger partial charge in [0.15, 0.2) is 0 Å². The van der Waals surface area contributed by atoms with Crippen LogP contribution in [-0.2, 0) is 10.0 Å². The molecule has 0 spiro atoms. The van der Waals surface area contributed by atoms with Crippen molar-refractivity contribution in [3.63, 3.8) is 0 Å². The zero-order valence-corrected chi connectivity index (χ0v) is 16.0. The van der Waals surface area contributed by atoms with Gasteiger partial charge in [0.2, 0.25) is 10.0 Å². The first-order valence-electron chi connectivity index (χ1n) is 9.40. The van der Waals surface area contributed by atoms with Gasteiger partial charge in [0, 0.05) is 23.8 Å². The van der Waals surface area contributed by atoms with Crippen LogP contribution in [0.25, 0.3) is 11.0 Å². The standard InChI is InChI=1S/C20H20N4O3S/c25-20(14-2-9-19-18(12-14)21-13-23(19)16-7-8-16)22-15-3-5-17(6-4-15)24-10-1-11-28(24,26)27/h2-6,9,12-13,16H,1,7-8,10-11H2,(H,22,25). The second kappa shape index (κ2) is 6.34. The maximum Gasteiger partial charge on any atom is 0.255 e. The van der Waals surface area contributed by atoms with Crippen molar-refractivity contribution in [1.29, 1.82) is 0 Å². The smallest absolute Gasteiger partial charge is 0.255 e. The summed E-state index contributed by atoms with van der Waals surface area (Å²) in [6.45, 7) is 0.502. The van der Waals surface area contributed by atoms with E-state index in [4.69, 9.17) is 0 Å². The fourth-order valence-electron chi connectivity index (χ4n) is 3.66. The van der Waals surface area contributed by atoms with E-state index in [1.807, 2.05) is 18.5 Å². The van der Waals surface area contributed by atoms with Gasteiger partial charge in [0.1, 0.15) is 0 Å². The van der Waals surface area contributed by atoms with Gasteiger partial charge in [-0.05, 0) is 61.7 Å². The number of nitrogens with one attached hydrogen (secondary N) is 1. The quantitative estimate of drug-likeness (QED) is 0.734. The molecule has 1 aliphatic heterocycles. The number of carbonyl (C=O) groups excluding carboxylic acids is 1. The Bertz CT molecular complexity index is 1160. The van der Waals surface area contributed by atoms with Crippen LogP contribution in [-0.4, -0.2) is 36.2 Å². The Kier molecular flexibility index (Phi) is 3.90. The van der Waals surface area contributed by atoms with Crippen LogP contribution in [0.4, 0.5) is 11.4 Å². The third-order valence-electron chi connectivity index (χ3n) is 5.29. The first kappa shape index (κ1) is 17.2. The monoisotopic (exact) mass is 396 g/mol. The molecule has 0 atom stereocenters. The Morgan fingerprint density at radius 1 is 1.11 bits per heavy atom. The highest BCUT2D eigenvalue weighted by Crippen LogP contribution is 2.37. The second-order valence-electron chi connectivity index (χ2n) is 7.33. The lowest BCUT2D eigenvalue weighted by Crippen LogP contribution is -2.24. The van der Waals surface area contributed by atoms with Crippen molar-refractivity contribution in [3.8, 4) is 0 Å². The largest absolute Gasteiger partial charge is 0.327 e. The third-order valence-corrected chi connectivity index (χ3v) is 7.16. The predicted molar refractivity (Wildman–Crippen MR) is 108 cm³/mol. The third kappa shape index (κ3) is 3.03. The summed E-state index contributed by atoms with van der Waals surface area (Å²) in [5.41, 5.74) is 3.65. The molecule has 1 aromatic heterocycles. The van der Waals surface area contributed by atoms with Gasteiger partial charge in [0.25, 0.3) is 5.91 Å². The summed E-state index contributed by atoms with van der Waals surface area (Å²) >= 11 is 0. The van der Waals surface area contributed by atoms with E-state index in [1.165, 1.54) is 17.1 Å². The highest BCUT2D eigenvalue weighted by Gasteiger charge is 2.28. The summed E-state index contributed by atoms with van der Waals surface area (Å²) in [5.74, 6) is -0.0331. The van der Waals surface area contributed by atoms with Crippen molar-refractivity contribution in [2.45, 2.75) is 25.3 Å². The number of anilines is 2. The Balaban J connectivity index is 1.33. The molecule has 1 N–H and O–H groups in total. The first-order valence-corrected chi connectivity index (χ1v) is 11.0. The molecule has 2 heterocycles. The number of fused-ring (bicyclic) bond motifs is 1. The van der Waals surface area contributed by atoms with Crippen molar-refractivity contribution in [2.24, 2.45) is 0 Å². The number of carbonyl (C=O) groups is 1. The van der Waals surface area contributed by atoms with E-state index in [9.17, 15) is 13.2 Å². The maximum atomic E-state index is 12.6. The molecule has 144 valence electrons. The zero-order chi connectivity index (χ0) is 19.3. The van der Waals surface area contributed by atoms with E-state index in [1.54, 1.807) is 30.3 Å². The van der Waals surface area contributed by atoms with Crippen LogP contribution in [0.3, 0.4) is 0 Å². The fraction of sp³-hybridized carbons (Fsp3) is 0.300. The van der Waals surface area contributed by atoms with Gasteiger partial charge < -0.3 is 9.88 Å². The SMILES string of the molecule is O=C(Nc1ccc(N2CCCS2(=O)=O)cc1)c1ccc2c(c1)ncn2C1CC1. The summed E-state index contributed by atoms with van der Waals surface area (Å²) in [6, 6.07) is 13.0. The Morgan fingerprint density at radius 2 is 1.89 bits per heavy atom. The zero-order valence-electron chi connectivity index (χ0n) is 15.2. The highest BCUT2D eigenvalue weighted by molar-refractivity contribution is 7.93. The van der Waals surface area contributed by atoms with Crippen molar-refractivity contribution >= 4 is 38.3 Å². The average molecular weight is 396 g/mol. The molecule has 2 fully saturated rings. The fourth-order valence-corrected chi connectivity index (χ4v) is 5.23. The molecular weight excluding hydrogens is 376 g/mol. The van der Waals surface area contributed by atoms with Gasteiger partial charge in [-0.1, -0.05) is 0 Å². The Labute approximate surface area is 163 Å².